The lowest BCUT2D eigenvalue weighted by Gasteiger charge is -2.37. The number of likely N-dealkylation sites (tertiary alicyclic amines) is 2. The quantitative estimate of drug-likeness (QED) is 0.0742. The molecule has 404 valence electrons. The van der Waals surface area contributed by atoms with Gasteiger partial charge >= 0.3 is 0 Å². The van der Waals surface area contributed by atoms with E-state index in [0.29, 0.717) is 87.9 Å². The number of H-pyrrole nitrogens is 1. The van der Waals surface area contributed by atoms with Gasteiger partial charge in [-0.15, -0.1) is 0 Å². The predicted molar refractivity (Wildman–Crippen MR) is 293 cm³/mol. The van der Waals surface area contributed by atoms with Crippen LogP contribution in [0.4, 0.5) is 0 Å². The van der Waals surface area contributed by atoms with Crippen molar-refractivity contribution in [2.24, 2.45) is 25.9 Å². The van der Waals surface area contributed by atoms with Gasteiger partial charge in [0.15, 0.2) is 11.3 Å². The van der Waals surface area contributed by atoms with Crippen LogP contribution in [0.25, 0.3) is 66.9 Å². The minimum Gasteiger partial charge on any atom is -0.382 e. The maximum Gasteiger partial charge on any atom is 0.255 e. The van der Waals surface area contributed by atoms with E-state index in [2.05, 4.69) is 72.5 Å². The molecule has 0 radical (unpaired) electrons. The van der Waals surface area contributed by atoms with Crippen LogP contribution in [0.15, 0.2) is 61.2 Å². The summed E-state index contributed by atoms with van der Waals surface area (Å²) >= 11 is 12.3. The number of benzene rings is 2. The molecule has 8 heterocycles. The van der Waals surface area contributed by atoms with Crippen LogP contribution in [0.2, 0.25) is 35.7 Å². The van der Waals surface area contributed by atoms with Crippen LogP contribution >= 0.6 is 23.2 Å². The maximum atomic E-state index is 13.7. The van der Waals surface area contributed by atoms with Crippen molar-refractivity contribution in [3.8, 4) is 34.9 Å². The first-order valence-corrected chi connectivity index (χ1v) is 29.3. The molecule has 2 saturated heterocycles. The minimum atomic E-state index is -1.29. The number of aromatic nitrogens is 10. The van der Waals surface area contributed by atoms with Crippen molar-refractivity contribution < 1.29 is 33.4 Å². The Morgan fingerprint density at radius 3 is 1.76 bits per heavy atom. The van der Waals surface area contributed by atoms with Gasteiger partial charge in [-0.2, -0.15) is 20.7 Å². The number of ether oxygens (including phenoxy) is 3. The van der Waals surface area contributed by atoms with Crippen LogP contribution in [0.5, 0.6) is 0 Å². The van der Waals surface area contributed by atoms with Crippen LogP contribution in [0, 0.1) is 34.5 Å². The van der Waals surface area contributed by atoms with Gasteiger partial charge < -0.3 is 44.2 Å². The van der Waals surface area contributed by atoms with Gasteiger partial charge in [-0.3, -0.25) is 28.5 Å². The summed E-state index contributed by atoms with van der Waals surface area (Å²) in [6.45, 7) is 8.96. The zero-order valence-electron chi connectivity index (χ0n) is 43.9. The predicted octanol–water partition coefficient (Wildman–Crippen LogP) is 5.57. The third-order valence-corrected chi connectivity index (χ3v) is 15.6. The second kappa shape index (κ2) is 23.0. The van der Waals surface area contributed by atoms with Crippen molar-refractivity contribution >= 4 is 99.0 Å². The number of hydrogen-bond donors (Lipinski definition) is 3. The molecule has 2 fully saturated rings. The molecule has 6 aromatic heterocycles. The highest BCUT2D eigenvalue weighted by atomic mass is 35.5. The van der Waals surface area contributed by atoms with Gasteiger partial charge in [0.05, 0.1) is 71.7 Å². The Labute approximate surface area is 458 Å². The molecule has 2 aromatic carbocycles. The lowest BCUT2D eigenvalue weighted by Crippen LogP contribution is -2.57. The van der Waals surface area contributed by atoms with Gasteiger partial charge in [-0.05, 0) is 42.4 Å². The molecule has 0 spiro atoms. The van der Waals surface area contributed by atoms with Crippen LogP contribution < -0.4 is 10.6 Å². The number of carbonyl (C=O) groups is 4. The third-order valence-electron chi connectivity index (χ3n) is 13.4. The maximum absolute atomic E-state index is 13.7. The van der Waals surface area contributed by atoms with Crippen molar-refractivity contribution in [3.05, 3.63) is 82.4 Å². The van der Waals surface area contributed by atoms with Gasteiger partial charge in [-0.25, -0.2) is 19.9 Å². The first kappa shape index (κ1) is 54.9. The Bertz CT molecular complexity index is 3690. The number of nitrogens with one attached hydrogen (secondary N) is 3. The first-order chi connectivity index (χ1) is 37.4. The molecule has 8 aromatic rings. The molecule has 78 heavy (non-hydrogen) atoms. The van der Waals surface area contributed by atoms with Crippen LogP contribution in [0.1, 0.15) is 20.7 Å². The summed E-state index contributed by atoms with van der Waals surface area (Å²) in [5.41, 5.74) is 5.96. The molecule has 4 amide bonds. The normalized spacial score (nSPS) is 14.6. The fourth-order valence-corrected chi connectivity index (χ4v) is 10.2. The van der Waals surface area contributed by atoms with Crippen molar-refractivity contribution in [2.45, 2.75) is 44.5 Å². The number of nitrogens with zero attached hydrogens (tertiary/aromatic N) is 13. The number of rotatable bonds is 17. The fraction of sp³-hybridized carbons (Fsp3) is 0.385. The van der Waals surface area contributed by atoms with Gasteiger partial charge in [0.2, 0.25) is 11.8 Å². The SMILES string of the molecule is COC[C@@H](NC(=O)c1c[nH]c2ncc(-c3nn(C)c4cc(Cl)ccc34)nc12)C(=O)N1CC(C#N)C1.COC[C@@H](NC(=O)c1cn(COCC[Si](C)(C)C)c2ncc(-c3nn(C)c4cc(Cl)ccc34)nc12)C(=O)N1CC(C#N)C1. The van der Waals surface area contributed by atoms with Crippen LogP contribution in [0.3, 0.4) is 0 Å². The molecular formula is C52H56Cl2N16O7Si. The number of fused-ring (bicyclic) bond motifs is 4. The molecule has 0 unspecified atom stereocenters. The topological polar surface area (TPSA) is 282 Å². The zero-order chi connectivity index (χ0) is 55.6. The summed E-state index contributed by atoms with van der Waals surface area (Å²) in [6.07, 6.45) is 6.37. The Morgan fingerprint density at radius 2 is 1.26 bits per heavy atom. The molecule has 0 aliphatic carbocycles. The molecule has 2 aliphatic rings. The van der Waals surface area contributed by atoms with Crippen molar-refractivity contribution in [3.63, 3.8) is 0 Å². The molecule has 2 aliphatic heterocycles. The van der Waals surface area contributed by atoms with E-state index in [1.165, 1.54) is 25.3 Å². The number of carbonyl (C=O) groups excluding carboxylic acids is 4. The molecule has 10 rings (SSSR count). The number of aryl methyl sites for hydroxylation is 2. The Hall–Kier alpha value is -7.84. The minimum absolute atomic E-state index is 0.0000613. The lowest BCUT2D eigenvalue weighted by atomic mass is 10.0. The number of halogens is 2. The van der Waals surface area contributed by atoms with Gasteiger partial charge in [0.1, 0.15) is 52.6 Å². The number of nitriles is 2. The number of hydrogen-bond acceptors (Lipinski definition) is 15. The smallest absolute Gasteiger partial charge is 0.255 e. The summed E-state index contributed by atoms with van der Waals surface area (Å²) in [4.78, 5) is 77.4. The van der Waals surface area contributed by atoms with E-state index < -0.39 is 32.0 Å². The van der Waals surface area contributed by atoms with Gasteiger partial charge in [-0.1, -0.05) is 42.8 Å². The highest BCUT2D eigenvalue weighted by molar-refractivity contribution is 6.76. The summed E-state index contributed by atoms with van der Waals surface area (Å²) in [7, 11) is 5.26. The molecule has 0 bridgehead atoms. The Balaban J connectivity index is 0.000000193. The third kappa shape index (κ3) is 11.5. The molecule has 0 saturated carbocycles. The number of amides is 4. The van der Waals surface area contributed by atoms with Crippen molar-refractivity contribution in [1.82, 2.24) is 69.5 Å². The summed E-state index contributed by atoms with van der Waals surface area (Å²) in [6, 6.07) is 14.4. The molecule has 2 atom stereocenters. The second-order valence-corrected chi connectivity index (χ2v) is 26.8. The zero-order valence-corrected chi connectivity index (χ0v) is 46.4. The lowest BCUT2D eigenvalue weighted by molar-refractivity contribution is -0.140. The van der Waals surface area contributed by atoms with E-state index in [4.69, 9.17) is 52.9 Å². The van der Waals surface area contributed by atoms with Crippen molar-refractivity contribution in [2.75, 3.05) is 60.2 Å². The van der Waals surface area contributed by atoms with Crippen molar-refractivity contribution in [1.29, 1.82) is 10.5 Å². The van der Waals surface area contributed by atoms with E-state index >= 15 is 0 Å². The average molecular weight is 1120 g/mol. The van der Waals surface area contributed by atoms with Gasteiger partial charge in [0, 0.05) is 102 Å². The van der Waals surface area contributed by atoms with E-state index in [-0.39, 0.29) is 54.7 Å². The summed E-state index contributed by atoms with van der Waals surface area (Å²) in [5, 5.41) is 35.7. The second-order valence-electron chi connectivity index (χ2n) is 20.3. The number of aromatic amines is 1. The molecule has 26 heteroatoms. The Kier molecular flexibility index (Phi) is 16.2. The fourth-order valence-electron chi connectivity index (χ4n) is 9.07. The Morgan fingerprint density at radius 1 is 0.756 bits per heavy atom. The highest BCUT2D eigenvalue weighted by Gasteiger charge is 2.37. The van der Waals surface area contributed by atoms with E-state index in [1.807, 2.05) is 38.4 Å². The summed E-state index contributed by atoms with van der Waals surface area (Å²) < 4.78 is 21.6. The standard InChI is InChI=1S/C29H35ClN8O4Si.C23H21ClN8O3/c1-36-24-10-19(30)6-7-20(24)25(35-36)22-12-32-27-26(33-22)21(15-38(27)17-42-8-9-43(3,4)5)28(39)34-23(16-41-2)29(40)37-13-18(11-31)14-37;1-31-18-5-13(24)3-4-14(18)19(30-31)16-8-27-21-20(28-16)15(7-26-21)22(33)29-17(11-35-2)23(34)32-9-12(6-25)10-32/h6-7,10,12,15,18,23H,8-9,13-14,16-17H2,1-5H3,(H,34,39);3-5,7-8,12,17H,9-11H2,1-2H3,(H,26,27)(H,29,33)/t23-;17-/m11/s1. The van der Waals surface area contributed by atoms with Crippen LogP contribution in [-0.2, 0) is 44.6 Å². The summed E-state index contributed by atoms with van der Waals surface area (Å²) in [5.74, 6) is -1.97. The molecule has 3 N–H and O–H groups in total. The number of methoxy groups -OCH3 is 2. The van der Waals surface area contributed by atoms with Gasteiger partial charge in [0.25, 0.3) is 11.8 Å². The van der Waals surface area contributed by atoms with E-state index in [1.54, 1.807) is 49.6 Å². The van der Waals surface area contributed by atoms with Crippen LogP contribution in [-0.4, -0.2) is 163 Å². The largest absolute Gasteiger partial charge is 0.382 e. The molecular weight excluding hydrogens is 1060 g/mol. The van der Waals surface area contributed by atoms with E-state index in [9.17, 15) is 19.2 Å². The monoisotopic (exact) mass is 1110 g/mol. The highest BCUT2D eigenvalue weighted by Crippen LogP contribution is 2.32. The molecule has 23 nitrogen and oxygen atoms in total. The van der Waals surface area contributed by atoms with E-state index in [0.717, 1.165) is 27.8 Å². The first-order valence-electron chi connectivity index (χ1n) is 24.9. The average Bonchev–Trinajstić information content (AvgIpc) is 4.17.